The highest BCUT2D eigenvalue weighted by Gasteiger charge is 2.19. The smallest absolute Gasteiger partial charge is 0.306 e. The zero-order valence-electron chi connectivity index (χ0n) is 53.5. The third kappa shape index (κ3) is 66.4. The van der Waals surface area contributed by atoms with Crippen LogP contribution in [-0.4, -0.2) is 37.2 Å². The maximum Gasteiger partial charge on any atom is 0.306 e. The van der Waals surface area contributed by atoms with Gasteiger partial charge in [-0.25, -0.2) is 0 Å². The lowest BCUT2D eigenvalue weighted by Crippen LogP contribution is -2.30. The van der Waals surface area contributed by atoms with Gasteiger partial charge in [-0.3, -0.25) is 14.4 Å². The minimum absolute atomic E-state index is 0.0913. The van der Waals surface area contributed by atoms with E-state index >= 15 is 0 Å². The van der Waals surface area contributed by atoms with E-state index in [1.807, 2.05) is 0 Å². The second-order valence-electron chi connectivity index (χ2n) is 22.3. The van der Waals surface area contributed by atoms with E-state index in [2.05, 4.69) is 154 Å². The topological polar surface area (TPSA) is 78.9 Å². The van der Waals surface area contributed by atoms with Crippen LogP contribution < -0.4 is 0 Å². The summed E-state index contributed by atoms with van der Waals surface area (Å²) in [5.41, 5.74) is 0. The molecule has 0 saturated carbocycles. The summed E-state index contributed by atoms with van der Waals surface area (Å²) in [4.78, 5) is 38.3. The quantitative estimate of drug-likeness (QED) is 0.0261. The molecule has 466 valence electrons. The van der Waals surface area contributed by atoms with Gasteiger partial charge < -0.3 is 14.2 Å². The minimum atomic E-state index is -0.795. The van der Waals surface area contributed by atoms with Gasteiger partial charge in [-0.05, 0) is 135 Å². The molecule has 6 heteroatoms. The van der Waals surface area contributed by atoms with E-state index in [1.165, 1.54) is 116 Å². The Bertz CT molecular complexity index is 1730. The summed E-state index contributed by atoms with van der Waals surface area (Å²) < 4.78 is 16.9. The first-order valence-electron chi connectivity index (χ1n) is 34.2. The third-order valence-electron chi connectivity index (χ3n) is 14.3. The average molecular weight is 1140 g/mol. The predicted octanol–water partition coefficient (Wildman–Crippen LogP) is 23.7. The zero-order chi connectivity index (χ0) is 59.2. The van der Waals surface area contributed by atoms with E-state index in [9.17, 15) is 14.4 Å². The van der Waals surface area contributed by atoms with Gasteiger partial charge in [-0.2, -0.15) is 0 Å². The van der Waals surface area contributed by atoms with Crippen molar-refractivity contribution in [3.63, 3.8) is 0 Å². The van der Waals surface area contributed by atoms with Crippen LogP contribution in [0.4, 0.5) is 0 Å². The standard InChI is InChI=1S/C76H126O6/c1-4-7-10-13-16-19-22-24-26-28-30-32-33-34-35-36-37-38-39-40-41-42-43-45-46-48-50-52-54-57-60-63-66-69-75(78)81-72-73(71-80-74(77)68-65-62-59-56-21-18-15-12-9-6-3)82-76(79)70-67-64-61-58-55-53-51-49-47-44-31-29-27-25-23-20-17-14-11-8-5-2/h7,10,12,15-16,19,24,26,29-32,34-35,37-38,40-41,43,45,48,50,73H,4-6,8-9,11,13-14,17-18,20-23,25,27-28,33,36,39,42,44,46-47,49,51-72H2,1-3H3/b10-7-,15-12-,19-16-,26-24-,31-29-,32-30-,35-34-,38-37-,41-40-,45-43-,50-48-. The molecular weight excluding hydrogens is 1010 g/mol. The van der Waals surface area contributed by atoms with Crippen molar-refractivity contribution in [2.45, 2.75) is 316 Å². The maximum absolute atomic E-state index is 12.9. The van der Waals surface area contributed by atoms with Crippen LogP contribution in [0.2, 0.25) is 0 Å². The third-order valence-corrected chi connectivity index (χ3v) is 14.3. The summed E-state index contributed by atoms with van der Waals surface area (Å²) >= 11 is 0. The normalized spacial score (nSPS) is 13.0. The monoisotopic (exact) mass is 1130 g/mol. The Balaban J connectivity index is 4.28. The average Bonchev–Trinajstić information content (AvgIpc) is 3.48. The van der Waals surface area contributed by atoms with E-state index in [4.69, 9.17) is 14.2 Å². The summed E-state index contributed by atoms with van der Waals surface area (Å²) in [5, 5.41) is 0. The van der Waals surface area contributed by atoms with Crippen LogP contribution in [0.5, 0.6) is 0 Å². The number of unbranched alkanes of at least 4 members (excludes halogenated alkanes) is 28. The molecule has 0 amide bonds. The molecule has 0 bridgehead atoms. The molecule has 0 aromatic heterocycles. The van der Waals surface area contributed by atoms with Gasteiger partial charge in [0, 0.05) is 19.3 Å². The zero-order valence-corrected chi connectivity index (χ0v) is 53.5. The molecule has 0 aromatic carbocycles. The molecule has 0 aliphatic heterocycles. The van der Waals surface area contributed by atoms with E-state index in [-0.39, 0.29) is 31.1 Å². The van der Waals surface area contributed by atoms with Gasteiger partial charge in [-0.15, -0.1) is 0 Å². The Morgan fingerprint density at radius 1 is 0.256 bits per heavy atom. The van der Waals surface area contributed by atoms with E-state index < -0.39 is 6.10 Å². The Hall–Kier alpha value is -4.45. The van der Waals surface area contributed by atoms with Crippen molar-refractivity contribution >= 4 is 17.9 Å². The number of ether oxygens (including phenoxy) is 3. The van der Waals surface area contributed by atoms with Crippen LogP contribution in [0.3, 0.4) is 0 Å². The first-order chi connectivity index (χ1) is 40.5. The SMILES string of the molecule is CC/C=C\C/C=C\C/C=C\C/C=C\C/C=C\C/C=C\C/C=C\C/C=C\C/C=C\CCCCCCCC(=O)OCC(COC(=O)CCCCCCC/C=C\CCC)OC(=O)CCCCCCCCCCC/C=C\CCCCCCCCCC. The van der Waals surface area contributed by atoms with Crippen LogP contribution in [-0.2, 0) is 28.6 Å². The van der Waals surface area contributed by atoms with E-state index in [1.54, 1.807) is 0 Å². The number of carbonyl (C=O) groups excluding carboxylic acids is 3. The number of hydrogen-bond acceptors (Lipinski definition) is 6. The Morgan fingerprint density at radius 2 is 0.500 bits per heavy atom. The summed E-state index contributed by atoms with van der Waals surface area (Å²) in [6, 6.07) is 0. The van der Waals surface area contributed by atoms with Crippen LogP contribution in [0.15, 0.2) is 134 Å². The van der Waals surface area contributed by atoms with Gasteiger partial charge in [-0.1, -0.05) is 289 Å². The molecule has 0 aliphatic carbocycles. The summed E-state index contributed by atoms with van der Waals surface area (Å²) in [6.45, 7) is 6.45. The van der Waals surface area contributed by atoms with Gasteiger partial charge in [0.1, 0.15) is 13.2 Å². The molecule has 0 rings (SSSR count). The molecule has 6 nitrogen and oxygen atoms in total. The molecule has 0 heterocycles. The molecule has 82 heavy (non-hydrogen) atoms. The number of rotatable bonds is 61. The highest BCUT2D eigenvalue weighted by molar-refractivity contribution is 5.71. The molecule has 0 fully saturated rings. The second kappa shape index (κ2) is 69.0. The Labute approximate surface area is 506 Å². The first-order valence-corrected chi connectivity index (χ1v) is 34.2. The molecule has 0 N–H and O–H groups in total. The lowest BCUT2D eigenvalue weighted by Gasteiger charge is -2.18. The molecule has 0 aromatic rings. The Kier molecular flexibility index (Phi) is 65.3. The lowest BCUT2D eigenvalue weighted by atomic mass is 10.1. The van der Waals surface area contributed by atoms with Crippen molar-refractivity contribution < 1.29 is 28.6 Å². The number of carbonyl (C=O) groups is 3. The molecule has 0 spiro atoms. The van der Waals surface area contributed by atoms with Gasteiger partial charge in [0.15, 0.2) is 6.10 Å². The summed E-state index contributed by atoms with van der Waals surface area (Å²) in [5.74, 6) is -0.919. The fourth-order valence-electron chi connectivity index (χ4n) is 9.26. The van der Waals surface area contributed by atoms with Crippen molar-refractivity contribution in [3.8, 4) is 0 Å². The highest BCUT2D eigenvalue weighted by atomic mass is 16.6. The van der Waals surface area contributed by atoms with Gasteiger partial charge >= 0.3 is 17.9 Å². The first kappa shape index (κ1) is 77.5. The van der Waals surface area contributed by atoms with Crippen molar-refractivity contribution in [2.75, 3.05) is 13.2 Å². The fourth-order valence-corrected chi connectivity index (χ4v) is 9.26. The Morgan fingerprint density at radius 3 is 0.805 bits per heavy atom. The van der Waals surface area contributed by atoms with E-state index in [0.29, 0.717) is 19.3 Å². The van der Waals surface area contributed by atoms with E-state index in [0.717, 1.165) is 154 Å². The fraction of sp³-hybridized carbons (Fsp3) is 0.671. The second-order valence-corrected chi connectivity index (χ2v) is 22.3. The highest BCUT2D eigenvalue weighted by Crippen LogP contribution is 2.16. The van der Waals surface area contributed by atoms with Crippen LogP contribution in [0.1, 0.15) is 310 Å². The molecular formula is C76H126O6. The van der Waals surface area contributed by atoms with Gasteiger partial charge in [0.2, 0.25) is 0 Å². The number of esters is 3. The van der Waals surface area contributed by atoms with Crippen molar-refractivity contribution in [3.05, 3.63) is 134 Å². The molecule has 1 atom stereocenters. The minimum Gasteiger partial charge on any atom is -0.462 e. The van der Waals surface area contributed by atoms with Crippen LogP contribution >= 0.6 is 0 Å². The van der Waals surface area contributed by atoms with Crippen molar-refractivity contribution in [1.82, 2.24) is 0 Å². The molecule has 1 unspecified atom stereocenters. The maximum atomic E-state index is 12.9. The summed E-state index contributed by atoms with van der Waals surface area (Å²) in [7, 11) is 0. The molecule has 0 radical (unpaired) electrons. The lowest BCUT2D eigenvalue weighted by molar-refractivity contribution is -0.167. The van der Waals surface area contributed by atoms with Crippen LogP contribution in [0, 0.1) is 0 Å². The number of hydrogen-bond donors (Lipinski definition) is 0. The van der Waals surface area contributed by atoms with Crippen molar-refractivity contribution in [1.29, 1.82) is 0 Å². The molecule has 0 aliphatic rings. The number of allylic oxidation sites excluding steroid dienone is 22. The molecule has 0 saturated heterocycles. The van der Waals surface area contributed by atoms with Gasteiger partial charge in [0.25, 0.3) is 0 Å². The van der Waals surface area contributed by atoms with Crippen LogP contribution in [0.25, 0.3) is 0 Å². The van der Waals surface area contributed by atoms with Gasteiger partial charge in [0.05, 0.1) is 0 Å². The van der Waals surface area contributed by atoms with Crippen molar-refractivity contribution in [2.24, 2.45) is 0 Å². The predicted molar refractivity (Wildman–Crippen MR) is 357 cm³/mol. The summed E-state index contributed by atoms with van der Waals surface area (Å²) in [6.07, 6.45) is 97.6. The largest absolute Gasteiger partial charge is 0.462 e.